The third kappa shape index (κ3) is 3.56. The van der Waals surface area contributed by atoms with Crippen LogP contribution < -0.4 is 15.4 Å². The lowest BCUT2D eigenvalue weighted by molar-refractivity contribution is 0.188. The van der Waals surface area contributed by atoms with Crippen LogP contribution in [0.3, 0.4) is 0 Å². The second-order valence-electron chi connectivity index (χ2n) is 5.82. The van der Waals surface area contributed by atoms with E-state index in [0.717, 1.165) is 24.7 Å². The summed E-state index contributed by atoms with van der Waals surface area (Å²) in [4.78, 5) is 8.57. The molecule has 0 spiro atoms. The van der Waals surface area contributed by atoms with Crippen LogP contribution in [0.1, 0.15) is 32.5 Å². The topological polar surface area (TPSA) is 59.1 Å². The third-order valence-electron chi connectivity index (χ3n) is 3.84. The first kappa shape index (κ1) is 14.1. The van der Waals surface area contributed by atoms with Crippen LogP contribution >= 0.6 is 0 Å². The molecule has 1 fully saturated rings. The van der Waals surface area contributed by atoms with Crippen molar-refractivity contribution in [3.63, 3.8) is 0 Å². The maximum absolute atomic E-state index is 5.16. The van der Waals surface area contributed by atoms with E-state index in [-0.39, 0.29) is 0 Å². The first-order chi connectivity index (χ1) is 9.01. The summed E-state index contributed by atoms with van der Waals surface area (Å²) < 4.78 is 5.16. The van der Waals surface area contributed by atoms with E-state index in [9.17, 15) is 0 Å². The molecule has 19 heavy (non-hydrogen) atoms. The Hall–Kier alpha value is -1.36. The molecule has 0 amide bonds. The Balaban J connectivity index is 2.00. The highest BCUT2D eigenvalue weighted by Crippen LogP contribution is 2.30. The van der Waals surface area contributed by atoms with Crippen LogP contribution in [0.25, 0.3) is 0 Å². The lowest BCUT2D eigenvalue weighted by atomic mass is 9.77. The predicted octanol–water partition coefficient (Wildman–Crippen LogP) is 1.98. The smallest absolute Gasteiger partial charge is 0.218 e. The quantitative estimate of drug-likeness (QED) is 0.871. The fraction of sp³-hybridized carbons (Fsp3) is 0.714. The van der Waals surface area contributed by atoms with Crippen molar-refractivity contribution in [1.82, 2.24) is 15.3 Å². The van der Waals surface area contributed by atoms with E-state index in [1.54, 1.807) is 7.11 Å². The SMILES string of the molecule is COc1cc(NCC2NCCCC2(C)C)nc(C)n1. The molecular weight excluding hydrogens is 240 g/mol. The van der Waals surface area contributed by atoms with Crippen molar-refractivity contribution in [2.45, 2.75) is 39.7 Å². The number of nitrogens with one attached hydrogen (secondary N) is 2. The number of methoxy groups -OCH3 is 1. The highest BCUT2D eigenvalue weighted by atomic mass is 16.5. The van der Waals surface area contributed by atoms with E-state index in [1.807, 2.05) is 13.0 Å². The molecule has 0 aliphatic carbocycles. The fourth-order valence-corrected chi connectivity index (χ4v) is 2.56. The van der Waals surface area contributed by atoms with Crippen LogP contribution in [0.4, 0.5) is 5.82 Å². The normalized spacial score (nSPS) is 22.0. The average molecular weight is 264 g/mol. The molecule has 2 rings (SSSR count). The first-order valence-corrected chi connectivity index (χ1v) is 6.88. The van der Waals surface area contributed by atoms with E-state index in [2.05, 4.69) is 34.4 Å². The van der Waals surface area contributed by atoms with Gasteiger partial charge >= 0.3 is 0 Å². The molecule has 1 aromatic heterocycles. The standard InChI is InChI=1S/C14H24N4O/c1-10-17-12(8-13(18-10)19-4)16-9-11-14(2,3)6-5-7-15-11/h8,11,15H,5-7,9H2,1-4H3,(H,16,17,18). The monoisotopic (exact) mass is 264 g/mol. The highest BCUT2D eigenvalue weighted by molar-refractivity contribution is 5.38. The van der Waals surface area contributed by atoms with Crippen LogP contribution in [0.5, 0.6) is 5.88 Å². The summed E-state index contributed by atoms with van der Waals surface area (Å²) >= 11 is 0. The summed E-state index contributed by atoms with van der Waals surface area (Å²) in [6.07, 6.45) is 2.52. The molecule has 5 heteroatoms. The van der Waals surface area contributed by atoms with Gasteiger partial charge in [0.25, 0.3) is 0 Å². The minimum Gasteiger partial charge on any atom is -0.481 e. The molecule has 2 heterocycles. The molecule has 1 aromatic rings. The Bertz CT molecular complexity index is 433. The van der Waals surface area contributed by atoms with Gasteiger partial charge in [-0.15, -0.1) is 0 Å². The van der Waals surface area contributed by atoms with E-state index in [0.29, 0.717) is 17.3 Å². The van der Waals surface area contributed by atoms with Crippen molar-refractivity contribution < 1.29 is 4.74 Å². The lowest BCUT2D eigenvalue weighted by Gasteiger charge is -2.39. The molecule has 0 saturated carbocycles. The van der Waals surface area contributed by atoms with Gasteiger partial charge in [-0.2, -0.15) is 4.98 Å². The maximum Gasteiger partial charge on any atom is 0.218 e. The Morgan fingerprint density at radius 2 is 2.26 bits per heavy atom. The lowest BCUT2D eigenvalue weighted by Crippen LogP contribution is -2.50. The van der Waals surface area contributed by atoms with Crippen molar-refractivity contribution in [2.24, 2.45) is 5.41 Å². The van der Waals surface area contributed by atoms with Crippen LogP contribution in [0.2, 0.25) is 0 Å². The fourth-order valence-electron chi connectivity index (χ4n) is 2.56. The molecule has 5 nitrogen and oxygen atoms in total. The van der Waals surface area contributed by atoms with Gasteiger partial charge in [-0.1, -0.05) is 13.8 Å². The second kappa shape index (κ2) is 5.74. The van der Waals surface area contributed by atoms with Gasteiger partial charge in [-0.05, 0) is 31.7 Å². The minimum absolute atomic E-state index is 0.317. The predicted molar refractivity (Wildman–Crippen MR) is 76.6 cm³/mol. The molecular formula is C14H24N4O. The summed E-state index contributed by atoms with van der Waals surface area (Å²) in [5, 5.41) is 6.98. The summed E-state index contributed by atoms with van der Waals surface area (Å²) in [5.41, 5.74) is 0.317. The number of aryl methyl sites for hydroxylation is 1. The number of anilines is 1. The van der Waals surface area contributed by atoms with Gasteiger partial charge in [-0.25, -0.2) is 4.98 Å². The second-order valence-corrected chi connectivity index (χ2v) is 5.82. The number of piperidine rings is 1. The molecule has 1 unspecified atom stereocenters. The number of hydrogen-bond acceptors (Lipinski definition) is 5. The van der Waals surface area contributed by atoms with Crippen molar-refractivity contribution in [2.75, 3.05) is 25.5 Å². The van der Waals surface area contributed by atoms with Gasteiger partial charge < -0.3 is 15.4 Å². The Morgan fingerprint density at radius 3 is 2.95 bits per heavy atom. The first-order valence-electron chi connectivity index (χ1n) is 6.88. The zero-order valence-corrected chi connectivity index (χ0v) is 12.3. The van der Waals surface area contributed by atoms with Gasteiger partial charge in [0.1, 0.15) is 11.6 Å². The molecule has 0 bridgehead atoms. The van der Waals surface area contributed by atoms with Crippen molar-refractivity contribution in [3.8, 4) is 5.88 Å². The van der Waals surface area contributed by atoms with Crippen molar-refractivity contribution >= 4 is 5.82 Å². The van der Waals surface area contributed by atoms with E-state index >= 15 is 0 Å². The van der Waals surface area contributed by atoms with Gasteiger partial charge in [0.15, 0.2) is 0 Å². The molecule has 0 aromatic carbocycles. The molecule has 1 aliphatic heterocycles. The summed E-state index contributed by atoms with van der Waals surface area (Å²) in [7, 11) is 1.62. The van der Waals surface area contributed by atoms with Crippen LogP contribution in [-0.2, 0) is 0 Å². The highest BCUT2D eigenvalue weighted by Gasteiger charge is 2.31. The Kier molecular flexibility index (Phi) is 4.24. The summed E-state index contributed by atoms with van der Waals surface area (Å²) in [6.45, 7) is 8.47. The summed E-state index contributed by atoms with van der Waals surface area (Å²) in [5.74, 6) is 2.15. The van der Waals surface area contributed by atoms with Gasteiger partial charge in [0.05, 0.1) is 7.11 Å². The van der Waals surface area contributed by atoms with Gasteiger partial charge in [0.2, 0.25) is 5.88 Å². The van der Waals surface area contributed by atoms with Crippen molar-refractivity contribution in [3.05, 3.63) is 11.9 Å². The molecule has 1 aliphatic rings. The number of rotatable bonds is 4. The van der Waals surface area contributed by atoms with E-state index in [4.69, 9.17) is 4.74 Å². The summed E-state index contributed by atoms with van der Waals surface area (Å²) in [6, 6.07) is 2.30. The van der Waals surface area contributed by atoms with Crippen LogP contribution in [-0.4, -0.2) is 36.2 Å². The number of nitrogens with zero attached hydrogens (tertiary/aromatic N) is 2. The zero-order chi connectivity index (χ0) is 13.9. The molecule has 106 valence electrons. The van der Waals surface area contributed by atoms with Gasteiger partial charge in [0, 0.05) is 18.7 Å². The molecule has 1 atom stereocenters. The van der Waals surface area contributed by atoms with E-state index < -0.39 is 0 Å². The average Bonchev–Trinajstić information content (AvgIpc) is 2.36. The van der Waals surface area contributed by atoms with E-state index in [1.165, 1.54) is 12.8 Å². The maximum atomic E-state index is 5.16. The molecule has 2 N–H and O–H groups in total. The zero-order valence-electron chi connectivity index (χ0n) is 12.3. The molecule has 0 radical (unpaired) electrons. The van der Waals surface area contributed by atoms with Gasteiger partial charge in [-0.3, -0.25) is 0 Å². The Labute approximate surface area is 115 Å². The minimum atomic E-state index is 0.317. The number of ether oxygens (including phenoxy) is 1. The number of aromatic nitrogens is 2. The molecule has 1 saturated heterocycles. The Morgan fingerprint density at radius 1 is 1.47 bits per heavy atom. The number of hydrogen-bond donors (Lipinski definition) is 2. The third-order valence-corrected chi connectivity index (χ3v) is 3.84. The van der Waals surface area contributed by atoms with Crippen molar-refractivity contribution in [1.29, 1.82) is 0 Å². The van der Waals surface area contributed by atoms with Crippen LogP contribution in [0.15, 0.2) is 6.07 Å². The largest absolute Gasteiger partial charge is 0.481 e. The van der Waals surface area contributed by atoms with Crippen LogP contribution in [0, 0.1) is 12.3 Å².